The number of carbonyl (C=O) groups excluding carboxylic acids is 3. The SMILES string of the molecule is CCc1[nH]c(=O)c(C#N)cc1C(=O)OC.CCc1nc(OCc2ccccc2)c(C(=O)OC)cc1C(=O)OC. The number of nitrogens with zero attached hydrogens (tertiary/aromatic N) is 2. The molecule has 0 aliphatic carbocycles. The van der Waals surface area contributed by atoms with E-state index in [2.05, 4.69) is 14.7 Å². The van der Waals surface area contributed by atoms with Gasteiger partial charge in [0, 0.05) is 5.69 Å². The number of nitriles is 1. The zero-order valence-electron chi connectivity index (χ0n) is 22.3. The maximum absolute atomic E-state index is 12.0. The molecule has 2 heterocycles. The first-order chi connectivity index (χ1) is 18.7. The van der Waals surface area contributed by atoms with Crippen molar-refractivity contribution < 1.29 is 33.3 Å². The Morgan fingerprint density at radius 1 is 0.872 bits per heavy atom. The van der Waals surface area contributed by atoms with E-state index in [-0.39, 0.29) is 34.7 Å². The van der Waals surface area contributed by atoms with E-state index in [4.69, 9.17) is 19.5 Å². The van der Waals surface area contributed by atoms with E-state index in [9.17, 15) is 19.2 Å². The Morgan fingerprint density at radius 2 is 1.46 bits per heavy atom. The van der Waals surface area contributed by atoms with Crippen molar-refractivity contribution in [1.29, 1.82) is 5.26 Å². The van der Waals surface area contributed by atoms with Gasteiger partial charge in [-0.25, -0.2) is 19.4 Å². The number of aryl methyl sites for hydroxylation is 2. The lowest BCUT2D eigenvalue weighted by atomic mass is 10.1. The highest BCUT2D eigenvalue weighted by atomic mass is 16.5. The van der Waals surface area contributed by atoms with Gasteiger partial charge in [0.1, 0.15) is 23.8 Å². The van der Waals surface area contributed by atoms with E-state index < -0.39 is 23.5 Å². The lowest BCUT2D eigenvalue weighted by molar-refractivity contribution is 0.0582. The number of nitrogens with one attached hydrogen (secondary N) is 1. The number of methoxy groups -OCH3 is 3. The molecule has 0 saturated carbocycles. The highest BCUT2D eigenvalue weighted by Crippen LogP contribution is 2.23. The van der Waals surface area contributed by atoms with Crippen LogP contribution in [0.2, 0.25) is 0 Å². The average molecular weight is 536 g/mol. The van der Waals surface area contributed by atoms with Gasteiger partial charge in [0.25, 0.3) is 5.56 Å². The summed E-state index contributed by atoms with van der Waals surface area (Å²) in [7, 11) is 3.78. The second-order valence-electron chi connectivity index (χ2n) is 7.81. The van der Waals surface area contributed by atoms with Crippen molar-refractivity contribution in [1.82, 2.24) is 9.97 Å². The summed E-state index contributed by atoms with van der Waals surface area (Å²) >= 11 is 0. The molecule has 0 aliphatic heterocycles. The minimum absolute atomic E-state index is 0.0889. The summed E-state index contributed by atoms with van der Waals surface area (Å²) in [6.07, 6.45) is 0.985. The molecule has 0 radical (unpaired) electrons. The Labute approximate surface area is 225 Å². The minimum atomic E-state index is -0.627. The van der Waals surface area contributed by atoms with Gasteiger partial charge in [-0.3, -0.25) is 4.79 Å². The molecule has 11 heteroatoms. The van der Waals surface area contributed by atoms with Crippen LogP contribution in [0.15, 0.2) is 47.3 Å². The van der Waals surface area contributed by atoms with E-state index >= 15 is 0 Å². The fraction of sp³-hybridized carbons (Fsp3) is 0.286. The monoisotopic (exact) mass is 535 g/mol. The van der Waals surface area contributed by atoms with Gasteiger partial charge in [0.2, 0.25) is 5.88 Å². The fourth-order valence-corrected chi connectivity index (χ4v) is 3.40. The first-order valence-electron chi connectivity index (χ1n) is 11.9. The maximum Gasteiger partial charge on any atom is 0.343 e. The van der Waals surface area contributed by atoms with Crippen LogP contribution in [-0.2, 0) is 33.7 Å². The van der Waals surface area contributed by atoms with Gasteiger partial charge >= 0.3 is 17.9 Å². The third-order valence-corrected chi connectivity index (χ3v) is 5.43. The quantitative estimate of drug-likeness (QED) is 0.335. The zero-order chi connectivity index (χ0) is 28.9. The molecule has 3 aromatic rings. The van der Waals surface area contributed by atoms with Crippen LogP contribution in [-0.4, -0.2) is 49.2 Å². The molecule has 3 rings (SSSR count). The van der Waals surface area contributed by atoms with E-state index in [0.29, 0.717) is 24.2 Å². The van der Waals surface area contributed by atoms with Crippen molar-refractivity contribution in [2.45, 2.75) is 33.3 Å². The van der Waals surface area contributed by atoms with Gasteiger partial charge in [-0.15, -0.1) is 0 Å². The number of benzene rings is 1. The van der Waals surface area contributed by atoms with Crippen LogP contribution in [0.5, 0.6) is 5.88 Å². The summed E-state index contributed by atoms with van der Waals surface area (Å²) in [6.45, 7) is 3.90. The molecule has 1 aromatic carbocycles. The van der Waals surface area contributed by atoms with Gasteiger partial charge in [-0.2, -0.15) is 5.26 Å². The molecular weight excluding hydrogens is 506 g/mol. The molecule has 204 valence electrons. The molecule has 0 amide bonds. The number of aromatic amines is 1. The number of esters is 3. The Bertz CT molecular complexity index is 1430. The second-order valence-corrected chi connectivity index (χ2v) is 7.81. The van der Waals surface area contributed by atoms with Crippen LogP contribution in [0.3, 0.4) is 0 Å². The molecular formula is C28H29N3O8. The Balaban J connectivity index is 0.000000306. The Kier molecular flexibility index (Phi) is 11.4. The second kappa shape index (κ2) is 14.7. The van der Waals surface area contributed by atoms with Gasteiger partial charge in [0.15, 0.2) is 0 Å². The summed E-state index contributed by atoms with van der Waals surface area (Å²) in [4.78, 5) is 53.3. The van der Waals surface area contributed by atoms with E-state index in [1.807, 2.05) is 37.3 Å². The fourth-order valence-electron chi connectivity index (χ4n) is 3.40. The van der Waals surface area contributed by atoms with Gasteiger partial charge < -0.3 is 23.9 Å². The van der Waals surface area contributed by atoms with Crippen molar-refractivity contribution in [3.63, 3.8) is 0 Å². The number of pyridine rings is 2. The number of aromatic nitrogens is 2. The summed E-state index contributed by atoms with van der Waals surface area (Å²) in [5.74, 6) is -1.60. The Hall–Kier alpha value is -4.98. The predicted molar refractivity (Wildman–Crippen MR) is 140 cm³/mol. The van der Waals surface area contributed by atoms with Crippen molar-refractivity contribution in [3.8, 4) is 11.9 Å². The standard InChI is InChI=1S/C18H19NO5.C10H10N2O3/c1-4-15-13(17(20)22-2)10-14(18(21)23-3)16(19-15)24-11-12-8-6-5-7-9-12;1-3-8-7(10(14)15-2)4-6(5-11)9(13)12-8/h5-10H,4,11H2,1-3H3;4H,3H2,1-2H3,(H,12,13). The van der Waals surface area contributed by atoms with E-state index in [0.717, 1.165) is 5.56 Å². The topological polar surface area (TPSA) is 158 Å². The van der Waals surface area contributed by atoms with Crippen molar-refractivity contribution >= 4 is 17.9 Å². The van der Waals surface area contributed by atoms with Crippen LogP contribution in [0, 0.1) is 11.3 Å². The largest absolute Gasteiger partial charge is 0.472 e. The van der Waals surface area contributed by atoms with E-state index in [1.165, 1.54) is 33.5 Å². The molecule has 0 bridgehead atoms. The van der Waals surface area contributed by atoms with E-state index in [1.54, 1.807) is 13.0 Å². The van der Waals surface area contributed by atoms with Crippen LogP contribution >= 0.6 is 0 Å². The third-order valence-electron chi connectivity index (χ3n) is 5.43. The molecule has 39 heavy (non-hydrogen) atoms. The number of H-pyrrole nitrogens is 1. The van der Waals surface area contributed by atoms with Gasteiger partial charge in [-0.05, 0) is 30.5 Å². The molecule has 2 aromatic heterocycles. The smallest absolute Gasteiger partial charge is 0.343 e. The van der Waals surface area contributed by atoms with Crippen LogP contribution in [0.4, 0.5) is 0 Å². The molecule has 0 fully saturated rings. The molecule has 0 saturated heterocycles. The normalized spacial score (nSPS) is 9.85. The lowest BCUT2D eigenvalue weighted by Gasteiger charge is -2.13. The van der Waals surface area contributed by atoms with Crippen molar-refractivity contribution in [2.75, 3.05) is 21.3 Å². The number of carbonyl (C=O) groups is 3. The molecule has 0 aliphatic rings. The molecule has 0 unspecified atom stereocenters. The van der Waals surface area contributed by atoms with Crippen LogP contribution in [0.25, 0.3) is 0 Å². The average Bonchev–Trinajstić information content (AvgIpc) is 2.98. The Morgan fingerprint density at radius 3 is 2.00 bits per heavy atom. The first kappa shape index (κ1) is 30.2. The summed E-state index contributed by atoms with van der Waals surface area (Å²) in [5.41, 5.74) is 1.89. The van der Waals surface area contributed by atoms with Crippen LogP contribution in [0.1, 0.15) is 67.4 Å². The maximum atomic E-state index is 12.0. The highest BCUT2D eigenvalue weighted by molar-refractivity contribution is 5.97. The zero-order valence-corrected chi connectivity index (χ0v) is 22.3. The predicted octanol–water partition coefficient (Wildman–Crippen LogP) is 3.39. The highest BCUT2D eigenvalue weighted by Gasteiger charge is 2.22. The summed E-state index contributed by atoms with van der Waals surface area (Å²) in [5, 5.41) is 8.64. The number of hydrogen-bond donors (Lipinski definition) is 1. The van der Waals surface area contributed by atoms with Crippen molar-refractivity contribution in [2.24, 2.45) is 0 Å². The summed E-state index contributed by atoms with van der Waals surface area (Å²) < 4.78 is 19.7. The molecule has 0 atom stereocenters. The minimum Gasteiger partial charge on any atom is -0.472 e. The summed E-state index contributed by atoms with van der Waals surface area (Å²) in [6, 6.07) is 13.9. The molecule has 0 spiro atoms. The molecule has 11 nitrogen and oxygen atoms in total. The van der Waals surface area contributed by atoms with Gasteiger partial charge in [0.05, 0.1) is 38.2 Å². The lowest BCUT2D eigenvalue weighted by Crippen LogP contribution is -2.17. The number of hydrogen-bond acceptors (Lipinski definition) is 10. The first-order valence-corrected chi connectivity index (χ1v) is 11.9. The third kappa shape index (κ3) is 7.75. The van der Waals surface area contributed by atoms with Gasteiger partial charge in [-0.1, -0.05) is 44.2 Å². The number of rotatable bonds is 8. The van der Waals surface area contributed by atoms with Crippen LogP contribution < -0.4 is 10.3 Å². The number of ether oxygens (including phenoxy) is 4. The molecule has 1 N–H and O–H groups in total. The van der Waals surface area contributed by atoms with Crippen molar-refractivity contribution in [3.05, 3.63) is 92.0 Å².